The summed E-state index contributed by atoms with van der Waals surface area (Å²) in [6, 6.07) is 4.53. The molecule has 2 rings (SSSR count). The largest absolute Gasteiger partial charge is 0.490 e. The number of anilines is 1. The molecule has 0 aromatic carbocycles. The minimum Gasteiger partial charge on any atom is -0.490 e. The number of rotatable bonds is 6. The van der Waals surface area contributed by atoms with Crippen LogP contribution in [-0.4, -0.2) is 42.2 Å². The monoisotopic (exact) mass is 263 g/mol. The van der Waals surface area contributed by atoms with E-state index in [1.807, 2.05) is 19.1 Å². The maximum atomic E-state index is 5.58. The third-order valence-corrected chi connectivity index (χ3v) is 3.68. The molecule has 4 heteroatoms. The minimum absolute atomic E-state index is 0.652. The van der Waals surface area contributed by atoms with Gasteiger partial charge in [-0.05, 0) is 51.8 Å². The first-order valence-electron chi connectivity index (χ1n) is 7.26. The zero-order valence-electron chi connectivity index (χ0n) is 12.2. The van der Waals surface area contributed by atoms with Crippen LogP contribution in [0.4, 0.5) is 5.82 Å². The summed E-state index contributed by atoms with van der Waals surface area (Å²) in [5.41, 5.74) is 0. The summed E-state index contributed by atoms with van der Waals surface area (Å²) < 4.78 is 5.58. The van der Waals surface area contributed by atoms with E-state index in [0.717, 1.165) is 18.1 Å². The molecular formula is C15H25N3O. The van der Waals surface area contributed by atoms with E-state index < -0.39 is 0 Å². The van der Waals surface area contributed by atoms with Gasteiger partial charge in [-0.15, -0.1) is 0 Å². The van der Waals surface area contributed by atoms with Crippen LogP contribution in [0.1, 0.15) is 27.2 Å². The molecule has 1 N–H and O–H groups in total. The molecule has 0 spiro atoms. The van der Waals surface area contributed by atoms with Crippen LogP contribution >= 0.6 is 0 Å². The van der Waals surface area contributed by atoms with Crippen LogP contribution in [0.25, 0.3) is 0 Å². The maximum absolute atomic E-state index is 5.58. The average molecular weight is 263 g/mol. The van der Waals surface area contributed by atoms with Crippen molar-refractivity contribution in [1.82, 2.24) is 9.88 Å². The molecule has 106 valence electrons. The number of nitrogens with zero attached hydrogens (tertiary/aromatic N) is 2. The van der Waals surface area contributed by atoms with Gasteiger partial charge in [0, 0.05) is 25.3 Å². The highest BCUT2D eigenvalue weighted by Crippen LogP contribution is 2.23. The fourth-order valence-electron chi connectivity index (χ4n) is 2.53. The van der Waals surface area contributed by atoms with Crippen molar-refractivity contribution in [3.05, 3.63) is 18.3 Å². The molecule has 0 aliphatic carbocycles. The summed E-state index contributed by atoms with van der Waals surface area (Å²) >= 11 is 0. The SMILES string of the molecule is CCOc1cccnc1NCC1CCN(C(C)C)C1. The lowest BCUT2D eigenvalue weighted by molar-refractivity contribution is 0.266. The van der Waals surface area contributed by atoms with Gasteiger partial charge in [-0.2, -0.15) is 0 Å². The highest BCUT2D eigenvalue weighted by molar-refractivity contribution is 5.49. The standard InChI is InChI=1S/C15H25N3O/c1-4-19-14-6-5-8-16-15(14)17-10-13-7-9-18(11-13)12(2)3/h5-6,8,12-13H,4,7,9-11H2,1-3H3,(H,16,17). The topological polar surface area (TPSA) is 37.4 Å². The van der Waals surface area contributed by atoms with Crippen LogP contribution in [0.15, 0.2) is 18.3 Å². The number of nitrogens with one attached hydrogen (secondary N) is 1. The van der Waals surface area contributed by atoms with E-state index in [4.69, 9.17) is 4.74 Å². The summed E-state index contributed by atoms with van der Waals surface area (Å²) in [5.74, 6) is 2.43. The smallest absolute Gasteiger partial charge is 0.168 e. The van der Waals surface area contributed by atoms with Gasteiger partial charge in [0.25, 0.3) is 0 Å². The van der Waals surface area contributed by atoms with Crippen LogP contribution in [0.2, 0.25) is 0 Å². The van der Waals surface area contributed by atoms with Gasteiger partial charge in [0.1, 0.15) is 0 Å². The second-order valence-corrected chi connectivity index (χ2v) is 5.41. The summed E-state index contributed by atoms with van der Waals surface area (Å²) in [6.07, 6.45) is 3.07. The maximum Gasteiger partial charge on any atom is 0.168 e. The van der Waals surface area contributed by atoms with E-state index >= 15 is 0 Å². The molecule has 1 atom stereocenters. The quantitative estimate of drug-likeness (QED) is 0.856. The Hall–Kier alpha value is -1.29. The molecular weight excluding hydrogens is 238 g/mol. The lowest BCUT2D eigenvalue weighted by Gasteiger charge is -2.20. The average Bonchev–Trinajstić information content (AvgIpc) is 2.87. The molecule has 1 aliphatic heterocycles. The Morgan fingerprint density at radius 1 is 1.53 bits per heavy atom. The van der Waals surface area contributed by atoms with E-state index in [9.17, 15) is 0 Å². The molecule has 0 saturated carbocycles. The predicted octanol–water partition coefficient (Wildman–Crippen LogP) is 2.62. The Balaban J connectivity index is 1.86. The number of ether oxygens (including phenoxy) is 1. The summed E-state index contributed by atoms with van der Waals surface area (Å²) in [4.78, 5) is 6.90. The Labute approximate surface area is 116 Å². The molecule has 1 aromatic rings. The second-order valence-electron chi connectivity index (χ2n) is 5.41. The lowest BCUT2D eigenvalue weighted by atomic mass is 10.1. The molecule has 1 aromatic heterocycles. The number of hydrogen-bond acceptors (Lipinski definition) is 4. The molecule has 1 fully saturated rings. The van der Waals surface area contributed by atoms with E-state index in [1.54, 1.807) is 6.20 Å². The minimum atomic E-state index is 0.652. The van der Waals surface area contributed by atoms with Crippen molar-refractivity contribution < 1.29 is 4.74 Å². The van der Waals surface area contributed by atoms with Crippen molar-refractivity contribution in [3.8, 4) is 5.75 Å². The highest BCUT2D eigenvalue weighted by Gasteiger charge is 2.24. The van der Waals surface area contributed by atoms with Crippen molar-refractivity contribution in [1.29, 1.82) is 0 Å². The van der Waals surface area contributed by atoms with Gasteiger partial charge >= 0.3 is 0 Å². The van der Waals surface area contributed by atoms with Gasteiger partial charge in [0.15, 0.2) is 11.6 Å². The summed E-state index contributed by atoms with van der Waals surface area (Å²) in [7, 11) is 0. The first-order valence-corrected chi connectivity index (χ1v) is 7.26. The molecule has 4 nitrogen and oxygen atoms in total. The van der Waals surface area contributed by atoms with Gasteiger partial charge in [0.2, 0.25) is 0 Å². The second kappa shape index (κ2) is 6.75. The van der Waals surface area contributed by atoms with Crippen LogP contribution in [-0.2, 0) is 0 Å². The molecule has 0 bridgehead atoms. The van der Waals surface area contributed by atoms with Crippen LogP contribution < -0.4 is 10.1 Å². The fourth-order valence-corrected chi connectivity index (χ4v) is 2.53. The Kier molecular flexibility index (Phi) is 5.02. The Morgan fingerprint density at radius 2 is 2.37 bits per heavy atom. The lowest BCUT2D eigenvalue weighted by Crippen LogP contribution is -2.29. The number of likely N-dealkylation sites (tertiary alicyclic amines) is 1. The van der Waals surface area contributed by atoms with E-state index in [0.29, 0.717) is 18.6 Å². The van der Waals surface area contributed by atoms with Crippen molar-refractivity contribution >= 4 is 5.82 Å². The molecule has 1 unspecified atom stereocenters. The number of hydrogen-bond donors (Lipinski definition) is 1. The zero-order valence-corrected chi connectivity index (χ0v) is 12.2. The third-order valence-electron chi connectivity index (χ3n) is 3.68. The highest BCUT2D eigenvalue weighted by atomic mass is 16.5. The molecule has 0 radical (unpaired) electrons. The van der Waals surface area contributed by atoms with Crippen molar-refractivity contribution in [2.45, 2.75) is 33.2 Å². The number of pyridine rings is 1. The third kappa shape index (κ3) is 3.83. The molecule has 1 aliphatic rings. The Bertz CT molecular complexity index is 395. The predicted molar refractivity (Wildman–Crippen MR) is 78.7 cm³/mol. The molecule has 2 heterocycles. The van der Waals surface area contributed by atoms with Crippen LogP contribution in [0.5, 0.6) is 5.75 Å². The van der Waals surface area contributed by atoms with Crippen molar-refractivity contribution in [3.63, 3.8) is 0 Å². The summed E-state index contributed by atoms with van der Waals surface area (Å²) in [6.45, 7) is 10.6. The van der Waals surface area contributed by atoms with Crippen LogP contribution in [0.3, 0.4) is 0 Å². The molecule has 1 saturated heterocycles. The fraction of sp³-hybridized carbons (Fsp3) is 0.667. The first kappa shape index (κ1) is 14.1. The van der Waals surface area contributed by atoms with Gasteiger partial charge in [-0.1, -0.05) is 0 Å². The van der Waals surface area contributed by atoms with Crippen molar-refractivity contribution in [2.75, 3.05) is 31.6 Å². The molecule has 0 amide bonds. The van der Waals surface area contributed by atoms with E-state index in [1.165, 1.54) is 19.5 Å². The van der Waals surface area contributed by atoms with Crippen molar-refractivity contribution in [2.24, 2.45) is 5.92 Å². The Morgan fingerprint density at radius 3 is 3.05 bits per heavy atom. The van der Waals surface area contributed by atoms with Gasteiger partial charge in [0.05, 0.1) is 6.61 Å². The summed E-state index contributed by atoms with van der Waals surface area (Å²) in [5, 5.41) is 3.44. The van der Waals surface area contributed by atoms with Crippen LogP contribution in [0, 0.1) is 5.92 Å². The van der Waals surface area contributed by atoms with E-state index in [2.05, 4.69) is 29.0 Å². The zero-order chi connectivity index (χ0) is 13.7. The van der Waals surface area contributed by atoms with Gasteiger partial charge in [-0.25, -0.2) is 4.98 Å². The number of aromatic nitrogens is 1. The normalized spacial score (nSPS) is 19.9. The van der Waals surface area contributed by atoms with Gasteiger partial charge < -0.3 is 15.0 Å². The van der Waals surface area contributed by atoms with E-state index in [-0.39, 0.29) is 0 Å². The van der Waals surface area contributed by atoms with Gasteiger partial charge in [-0.3, -0.25) is 0 Å². The molecule has 19 heavy (non-hydrogen) atoms. The first-order chi connectivity index (χ1) is 9.20.